The molecule has 2 aromatic rings. The van der Waals surface area contributed by atoms with Crippen molar-refractivity contribution in [1.82, 2.24) is 10.2 Å². The maximum absolute atomic E-state index is 13.8. The van der Waals surface area contributed by atoms with Gasteiger partial charge in [-0.05, 0) is 67.2 Å². The molecule has 182 valence electrons. The quantitative estimate of drug-likeness (QED) is 0.282. The first-order valence-corrected chi connectivity index (χ1v) is 11.6. The highest BCUT2D eigenvalue weighted by Gasteiger charge is 2.34. The monoisotopic (exact) mass is 467 g/mol. The number of Topliss-reactive ketones (excluding diaryl/α,β-unsaturated/α-hetero) is 1. The molecule has 0 saturated heterocycles. The Morgan fingerprint density at radius 3 is 2.59 bits per heavy atom. The lowest BCUT2D eigenvalue weighted by Gasteiger charge is -2.21. The van der Waals surface area contributed by atoms with E-state index in [1.165, 1.54) is 11.6 Å². The van der Waals surface area contributed by atoms with Crippen LogP contribution in [0.25, 0.3) is 0 Å². The van der Waals surface area contributed by atoms with E-state index in [0.717, 1.165) is 30.6 Å². The molecule has 1 aliphatic rings. The Hall–Kier alpha value is -3.26. The average Bonchev–Trinajstić information content (AvgIpc) is 3.11. The van der Waals surface area contributed by atoms with Crippen molar-refractivity contribution in [2.45, 2.75) is 45.7 Å². The average molecular weight is 468 g/mol. The van der Waals surface area contributed by atoms with Crippen LogP contribution in [0.4, 0.5) is 4.39 Å². The maximum atomic E-state index is 13.8. The van der Waals surface area contributed by atoms with Crippen LogP contribution < -0.4 is 16.8 Å². The molecule has 2 aromatic carbocycles. The number of carbonyl (C=O) groups excluding carboxylic acids is 2. The second-order valence-corrected chi connectivity index (χ2v) is 9.14. The van der Waals surface area contributed by atoms with Crippen LogP contribution in [0.1, 0.15) is 47.2 Å². The lowest BCUT2D eigenvalue weighted by atomic mass is 9.99. The van der Waals surface area contributed by atoms with E-state index in [0.29, 0.717) is 24.1 Å². The Morgan fingerprint density at radius 2 is 1.91 bits per heavy atom. The fourth-order valence-corrected chi connectivity index (χ4v) is 4.49. The number of benzene rings is 2. The molecule has 0 saturated carbocycles. The molecule has 7 nitrogen and oxygen atoms in total. The Morgan fingerprint density at radius 1 is 1.18 bits per heavy atom. The second kappa shape index (κ2) is 11.2. The standard InChI is InChI=1S/C26H34FN5O2/c1-4-9-32(3)15-18-7-8-21-19(10-18)13-20(14-30-26(28)29)24(21)31-25(34)23(33)12-17-6-5-16(2)22(27)11-17/h5-8,10-11,20,24H,4,9,12-15H2,1-3H3,(H,31,34)(H4,28,29,30)/t20-,24-/m1/s1. The number of halogens is 1. The maximum Gasteiger partial charge on any atom is 0.288 e. The Balaban J connectivity index is 1.76. The number of aliphatic imine (C=N–C) groups is 1. The van der Waals surface area contributed by atoms with Gasteiger partial charge in [0.15, 0.2) is 5.96 Å². The summed E-state index contributed by atoms with van der Waals surface area (Å²) in [7, 11) is 2.09. The molecule has 5 N–H and O–H groups in total. The van der Waals surface area contributed by atoms with Crippen molar-refractivity contribution in [1.29, 1.82) is 0 Å². The number of hydrogen-bond donors (Lipinski definition) is 3. The molecule has 0 aliphatic heterocycles. The van der Waals surface area contributed by atoms with Gasteiger partial charge in [0.25, 0.3) is 5.91 Å². The van der Waals surface area contributed by atoms with Crippen LogP contribution in [-0.4, -0.2) is 42.7 Å². The molecule has 2 atom stereocenters. The molecule has 0 bridgehead atoms. The second-order valence-electron chi connectivity index (χ2n) is 9.14. The van der Waals surface area contributed by atoms with Gasteiger partial charge in [-0.2, -0.15) is 0 Å². The number of nitrogens with one attached hydrogen (secondary N) is 1. The smallest absolute Gasteiger partial charge is 0.288 e. The van der Waals surface area contributed by atoms with Gasteiger partial charge in [0.2, 0.25) is 5.78 Å². The molecule has 1 amide bonds. The van der Waals surface area contributed by atoms with E-state index in [9.17, 15) is 14.0 Å². The van der Waals surface area contributed by atoms with Crippen molar-refractivity contribution in [3.63, 3.8) is 0 Å². The number of ketones is 1. The minimum atomic E-state index is -0.694. The molecule has 0 spiro atoms. The topological polar surface area (TPSA) is 114 Å². The van der Waals surface area contributed by atoms with Gasteiger partial charge in [-0.15, -0.1) is 0 Å². The number of guanidine groups is 1. The SMILES string of the molecule is CCCN(C)Cc1ccc2c(c1)C[C@H](CN=C(N)N)[C@H]2NC(=O)C(=O)Cc1ccc(C)c(F)c1. The zero-order valence-electron chi connectivity index (χ0n) is 20.1. The van der Waals surface area contributed by atoms with Gasteiger partial charge in [0, 0.05) is 25.4 Å². The zero-order chi connectivity index (χ0) is 24.8. The zero-order valence-corrected chi connectivity index (χ0v) is 20.1. The highest BCUT2D eigenvalue weighted by atomic mass is 19.1. The van der Waals surface area contributed by atoms with E-state index in [-0.39, 0.29) is 24.3 Å². The number of hydrogen-bond acceptors (Lipinski definition) is 4. The number of carbonyl (C=O) groups is 2. The third-order valence-corrected chi connectivity index (χ3v) is 6.20. The number of rotatable bonds is 10. The predicted octanol–water partition coefficient (Wildman–Crippen LogP) is 2.39. The number of aryl methyl sites for hydroxylation is 1. The number of nitrogens with two attached hydrogens (primary N) is 2. The fourth-order valence-electron chi connectivity index (χ4n) is 4.49. The molecule has 34 heavy (non-hydrogen) atoms. The first kappa shape index (κ1) is 25.4. The summed E-state index contributed by atoms with van der Waals surface area (Å²) < 4.78 is 13.8. The molecular weight excluding hydrogens is 433 g/mol. The van der Waals surface area contributed by atoms with Gasteiger partial charge < -0.3 is 21.7 Å². The van der Waals surface area contributed by atoms with Gasteiger partial charge in [0.1, 0.15) is 5.82 Å². The molecule has 0 radical (unpaired) electrons. The molecule has 0 fully saturated rings. The molecular formula is C26H34FN5O2. The van der Waals surface area contributed by atoms with Crippen molar-refractivity contribution in [3.8, 4) is 0 Å². The Kier molecular flexibility index (Phi) is 8.39. The summed E-state index contributed by atoms with van der Waals surface area (Å²) in [6.07, 6.45) is 1.61. The number of nitrogens with zero attached hydrogens (tertiary/aromatic N) is 2. The van der Waals surface area contributed by atoms with Crippen molar-refractivity contribution in [3.05, 3.63) is 70.0 Å². The summed E-state index contributed by atoms with van der Waals surface area (Å²) in [6, 6.07) is 10.4. The lowest BCUT2D eigenvalue weighted by molar-refractivity contribution is -0.138. The van der Waals surface area contributed by atoms with E-state index in [2.05, 4.69) is 41.3 Å². The summed E-state index contributed by atoms with van der Waals surface area (Å²) in [5.41, 5.74) is 15.3. The van der Waals surface area contributed by atoms with Crippen LogP contribution in [0.3, 0.4) is 0 Å². The largest absolute Gasteiger partial charge is 0.370 e. The molecule has 0 heterocycles. The lowest BCUT2D eigenvalue weighted by Crippen LogP contribution is -2.38. The fraction of sp³-hybridized carbons (Fsp3) is 0.423. The number of amides is 1. The van der Waals surface area contributed by atoms with Gasteiger partial charge >= 0.3 is 0 Å². The van der Waals surface area contributed by atoms with E-state index >= 15 is 0 Å². The summed E-state index contributed by atoms with van der Waals surface area (Å²) in [4.78, 5) is 31.8. The van der Waals surface area contributed by atoms with E-state index in [1.807, 2.05) is 6.07 Å². The molecule has 1 aliphatic carbocycles. The predicted molar refractivity (Wildman–Crippen MR) is 132 cm³/mol. The van der Waals surface area contributed by atoms with Crippen molar-refractivity contribution in [2.75, 3.05) is 20.1 Å². The van der Waals surface area contributed by atoms with Crippen LogP contribution in [0.2, 0.25) is 0 Å². The van der Waals surface area contributed by atoms with Crippen molar-refractivity contribution < 1.29 is 14.0 Å². The summed E-state index contributed by atoms with van der Waals surface area (Å²) in [5.74, 6) is -1.79. The highest BCUT2D eigenvalue weighted by Crippen LogP contribution is 2.37. The van der Waals surface area contributed by atoms with E-state index < -0.39 is 17.5 Å². The van der Waals surface area contributed by atoms with Crippen LogP contribution >= 0.6 is 0 Å². The van der Waals surface area contributed by atoms with Crippen LogP contribution in [-0.2, 0) is 29.0 Å². The first-order valence-electron chi connectivity index (χ1n) is 11.6. The molecule has 3 rings (SSSR count). The van der Waals surface area contributed by atoms with Gasteiger partial charge in [-0.3, -0.25) is 14.6 Å². The summed E-state index contributed by atoms with van der Waals surface area (Å²) in [5, 5.41) is 2.89. The highest BCUT2D eigenvalue weighted by molar-refractivity contribution is 6.36. The molecule has 8 heteroatoms. The van der Waals surface area contributed by atoms with Gasteiger partial charge in [-0.1, -0.05) is 37.3 Å². The normalized spacial score (nSPS) is 16.9. The summed E-state index contributed by atoms with van der Waals surface area (Å²) >= 11 is 0. The molecule has 0 unspecified atom stereocenters. The van der Waals surface area contributed by atoms with Crippen LogP contribution in [0.15, 0.2) is 41.4 Å². The Bertz CT molecular complexity index is 1080. The summed E-state index contributed by atoms with van der Waals surface area (Å²) in [6.45, 7) is 5.98. The first-order chi connectivity index (χ1) is 16.2. The van der Waals surface area contributed by atoms with Crippen molar-refractivity contribution in [2.24, 2.45) is 22.4 Å². The van der Waals surface area contributed by atoms with Crippen LogP contribution in [0.5, 0.6) is 0 Å². The van der Waals surface area contributed by atoms with Crippen LogP contribution in [0, 0.1) is 18.7 Å². The van der Waals surface area contributed by atoms with Gasteiger partial charge in [0.05, 0.1) is 6.04 Å². The Labute approximate surface area is 200 Å². The third-order valence-electron chi connectivity index (χ3n) is 6.20. The third kappa shape index (κ3) is 6.41. The van der Waals surface area contributed by atoms with Gasteiger partial charge in [-0.25, -0.2) is 4.39 Å². The minimum Gasteiger partial charge on any atom is -0.370 e. The minimum absolute atomic E-state index is 0.0135. The number of fused-ring (bicyclic) bond motifs is 1. The van der Waals surface area contributed by atoms with E-state index in [1.54, 1.807) is 19.1 Å². The molecule has 0 aromatic heterocycles. The van der Waals surface area contributed by atoms with Crippen molar-refractivity contribution >= 4 is 17.6 Å². The van der Waals surface area contributed by atoms with E-state index in [4.69, 9.17) is 11.5 Å².